The number of thioether (sulfide) groups is 1. The fourth-order valence-electron chi connectivity index (χ4n) is 2.73. The van der Waals surface area contributed by atoms with Gasteiger partial charge in [-0.2, -0.15) is 0 Å². The van der Waals surface area contributed by atoms with Crippen molar-refractivity contribution >= 4 is 34.7 Å². The standard InChI is InChI=1S/C21H19N5OS2/c1-13-6-8-15(9-7-13)20-24-21(26-25-20)29-12-19(27)23-17-5-3-4-16(10-17)18-11-28-14(2)22-18/h3-11H,12H2,1-2H3,(H,23,27)(H,24,25,26). The lowest BCUT2D eigenvalue weighted by atomic mass is 10.1. The number of benzene rings is 2. The van der Waals surface area contributed by atoms with Crippen molar-refractivity contribution in [1.29, 1.82) is 0 Å². The number of hydrogen-bond donors (Lipinski definition) is 2. The normalized spacial score (nSPS) is 10.8. The second-order valence-electron chi connectivity index (χ2n) is 6.50. The molecule has 4 aromatic rings. The summed E-state index contributed by atoms with van der Waals surface area (Å²) in [6.45, 7) is 4.02. The van der Waals surface area contributed by atoms with Crippen molar-refractivity contribution < 1.29 is 4.79 Å². The molecule has 6 nitrogen and oxygen atoms in total. The maximum Gasteiger partial charge on any atom is 0.234 e. The molecule has 0 unspecified atom stereocenters. The minimum Gasteiger partial charge on any atom is -0.325 e. The third-order valence-electron chi connectivity index (χ3n) is 4.18. The number of carbonyl (C=O) groups is 1. The Hall–Kier alpha value is -2.97. The molecule has 0 aliphatic heterocycles. The zero-order chi connectivity index (χ0) is 20.2. The van der Waals surface area contributed by atoms with Crippen molar-refractivity contribution in [2.45, 2.75) is 19.0 Å². The first-order valence-electron chi connectivity index (χ1n) is 9.01. The molecule has 0 spiro atoms. The first-order valence-corrected chi connectivity index (χ1v) is 10.9. The fourth-order valence-corrected chi connectivity index (χ4v) is 3.95. The number of thiazole rings is 1. The van der Waals surface area contributed by atoms with E-state index >= 15 is 0 Å². The molecule has 0 atom stereocenters. The smallest absolute Gasteiger partial charge is 0.234 e. The molecule has 29 heavy (non-hydrogen) atoms. The van der Waals surface area contributed by atoms with Gasteiger partial charge in [-0.15, -0.1) is 16.4 Å². The Morgan fingerprint density at radius 1 is 1.10 bits per heavy atom. The molecule has 2 aromatic heterocycles. The van der Waals surface area contributed by atoms with Crippen molar-refractivity contribution in [2.75, 3.05) is 11.1 Å². The predicted molar refractivity (Wildman–Crippen MR) is 118 cm³/mol. The van der Waals surface area contributed by atoms with Crippen LogP contribution in [-0.4, -0.2) is 31.8 Å². The Balaban J connectivity index is 1.35. The van der Waals surface area contributed by atoms with E-state index in [4.69, 9.17) is 0 Å². The van der Waals surface area contributed by atoms with Gasteiger partial charge in [0.1, 0.15) is 0 Å². The molecule has 0 radical (unpaired) electrons. The van der Waals surface area contributed by atoms with Gasteiger partial charge in [0.15, 0.2) is 5.82 Å². The number of nitrogens with zero attached hydrogens (tertiary/aromatic N) is 3. The highest BCUT2D eigenvalue weighted by Gasteiger charge is 2.10. The van der Waals surface area contributed by atoms with Crippen molar-refractivity contribution in [3.63, 3.8) is 0 Å². The minimum atomic E-state index is -0.108. The summed E-state index contributed by atoms with van der Waals surface area (Å²) in [6.07, 6.45) is 0. The van der Waals surface area contributed by atoms with Gasteiger partial charge in [-0.25, -0.2) is 9.97 Å². The molecule has 2 N–H and O–H groups in total. The van der Waals surface area contributed by atoms with Crippen molar-refractivity contribution in [3.8, 4) is 22.6 Å². The SMILES string of the molecule is Cc1ccc(-c2nc(SCC(=O)Nc3cccc(-c4csc(C)n4)c3)n[nH]2)cc1. The van der Waals surface area contributed by atoms with Crippen LogP contribution in [0.5, 0.6) is 0 Å². The molecule has 0 aliphatic carbocycles. The van der Waals surface area contributed by atoms with Gasteiger partial charge in [-0.05, 0) is 26.0 Å². The van der Waals surface area contributed by atoms with Crippen LogP contribution >= 0.6 is 23.1 Å². The zero-order valence-corrected chi connectivity index (χ0v) is 17.6. The minimum absolute atomic E-state index is 0.108. The fraction of sp³-hybridized carbons (Fsp3) is 0.143. The van der Waals surface area contributed by atoms with Gasteiger partial charge in [0, 0.05) is 22.2 Å². The summed E-state index contributed by atoms with van der Waals surface area (Å²) in [5.41, 5.74) is 4.80. The molecule has 8 heteroatoms. The maximum atomic E-state index is 12.3. The Morgan fingerprint density at radius 2 is 1.93 bits per heavy atom. The zero-order valence-electron chi connectivity index (χ0n) is 16.0. The Morgan fingerprint density at radius 3 is 2.69 bits per heavy atom. The summed E-state index contributed by atoms with van der Waals surface area (Å²) in [5.74, 6) is 0.813. The first kappa shape index (κ1) is 19.4. The second kappa shape index (κ2) is 8.59. The largest absolute Gasteiger partial charge is 0.325 e. The third kappa shape index (κ3) is 4.90. The molecule has 1 amide bonds. The van der Waals surface area contributed by atoms with Crippen molar-refractivity contribution in [3.05, 3.63) is 64.5 Å². The Labute approximate surface area is 176 Å². The van der Waals surface area contributed by atoms with Gasteiger partial charge in [0.25, 0.3) is 0 Å². The van der Waals surface area contributed by atoms with Crippen LogP contribution in [0, 0.1) is 13.8 Å². The van der Waals surface area contributed by atoms with E-state index in [1.807, 2.05) is 67.8 Å². The van der Waals surface area contributed by atoms with Crippen LogP contribution in [0.2, 0.25) is 0 Å². The van der Waals surface area contributed by atoms with E-state index in [0.29, 0.717) is 11.0 Å². The van der Waals surface area contributed by atoms with Crippen LogP contribution < -0.4 is 5.32 Å². The highest BCUT2D eigenvalue weighted by atomic mass is 32.2. The molecule has 0 saturated heterocycles. The van der Waals surface area contributed by atoms with E-state index in [0.717, 1.165) is 27.5 Å². The lowest BCUT2D eigenvalue weighted by Crippen LogP contribution is -2.14. The van der Waals surface area contributed by atoms with Crippen LogP contribution in [0.1, 0.15) is 10.6 Å². The highest BCUT2D eigenvalue weighted by molar-refractivity contribution is 7.99. The average molecular weight is 422 g/mol. The molecule has 146 valence electrons. The average Bonchev–Trinajstić information content (AvgIpc) is 3.36. The van der Waals surface area contributed by atoms with Crippen LogP contribution in [0.25, 0.3) is 22.6 Å². The van der Waals surface area contributed by atoms with Gasteiger partial charge in [-0.1, -0.05) is 53.7 Å². The van der Waals surface area contributed by atoms with E-state index < -0.39 is 0 Å². The van der Waals surface area contributed by atoms with E-state index in [1.165, 1.54) is 17.3 Å². The molecule has 2 aromatic carbocycles. The molecule has 2 heterocycles. The summed E-state index contributed by atoms with van der Waals surface area (Å²) in [6, 6.07) is 15.7. The van der Waals surface area contributed by atoms with Gasteiger partial charge in [-0.3, -0.25) is 9.89 Å². The molecule has 0 aliphatic rings. The summed E-state index contributed by atoms with van der Waals surface area (Å²) < 4.78 is 0. The molecular weight excluding hydrogens is 402 g/mol. The van der Waals surface area contributed by atoms with E-state index in [1.54, 1.807) is 11.3 Å². The number of anilines is 1. The number of amides is 1. The van der Waals surface area contributed by atoms with Crippen LogP contribution in [0.4, 0.5) is 5.69 Å². The Bertz CT molecular complexity index is 1130. The Kier molecular flexibility index (Phi) is 5.73. The quantitative estimate of drug-likeness (QED) is 0.431. The third-order valence-corrected chi connectivity index (χ3v) is 5.80. The molecular formula is C21H19N5OS2. The molecule has 4 rings (SSSR count). The van der Waals surface area contributed by atoms with E-state index in [9.17, 15) is 4.79 Å². The summed E-state index contributed by atoms with van der Waals surface area (Å²) in [4.78, 5) is 21.3. The number of carbonyl (C=O) groups excluding carboxylic acids is 1. The molecule has 0 fully saturated rings. The van der Waals surface area contributed by atoms with E-state index in [-0.39, 0.29) is 11.7 Å². The van der Waals surface area contributed by atoms with Gasteiger partial charge >= 0.3 is 0 Å². The lowest BCUT2D eigenvalue weighted by molar-refractivity contribution is -0.113. The van der Waals surface area contributed by atoms with Gasteiger partial charge < -0.3 is 5.32 Å². The number of rotatable bonds is 6. The van der Waals surface area contributed by atoms with Crippen molar-refractivity contribution in [1.82, 2.24) is 20.2 Å². The lowest BCUT2D eigenvalue weighted by Gasteiger charge is -2.06. The number of H-pyrrole nitrogens is 1. The van der Waals surface area contributed by atoms with E-state index in [2.05, 4.69) is 25.5 Å². The summed E-state index contributed by atoms with van der Waals surface area (Å²) in [5, 5.41) is 13.6. The predicted octanol–water partition coefficient (Wildman–Crippen LogP) is 4.94. The van der Waals surface area contributed by atoms with Crippen LogP contribution in [0.3, 0.4) is 0 Å². The maximum absolute atomic E-state index is 12.3. The second-order valence-corrected chi connectivity index (χ2v) is 8.51. The summed E-state index contributed by atoms with van der Waals surface area (Å²) in [7, 11) is 0. The van der Waals surface area contributed by atoms with Crippen LogP contribution in [-0.2, 0) is 4.79 Å². The highest BCUT2D eigenvalue weighted by Crippen LogP contribution is 2.25. The van der Waals surface area contributed by atoms with Gasteiger partial charge in [0.2, 0.25) is 11.1 Å². The number of aromatic nitrogens is 4. The number of aromatic amines is 1. The monoisotopic (exact) mass is 421 g/mol. The van der Waals surface area contributed by atoms with Gasteiger partial charge in [0.05, 0.1) is 16.5 Å². The first-order chi connectivity index (χ1) is 14.1. The van der Waals surface area contributed by atoms with Crippen LogP contribution in [0.15, 0.2) is 59.1 Å². The number of hydrogen-bond acceptors (Lipinski definition) is 6. The topological polar surface area (TPSA) is 83.6 Å². The summed E-state index contributed by atoms with van der Waals surface area (Å²) >= 11 is 2.90. The van der Waals surface area contributed by atoms with Crippen molar-refractivity contribution in [2.24, 2.45) is 0 Å². The molecule has 0 saturated carbocycles. The number of aryl methyl sites for hydroxylation is 2. The number of nitrogens with one attached hydrogen (secondary N) is 2. The molecule has 0 bridgehead atoms.